The average molecular weight is 336 g/mol. The third-order valence-corrected chi connectivity index (χ3v) is 6.07. The van der Waals surface area contributed by atoms with Crippen molar-refractivity contribution in [1.29, 1.82) is 0 Å². The molecule has 1 heterocycles. The second kappa shape index (κ2) is 5.67. The first-order valence-corrected chi connectivity index (χ1v) is 8.42. The highest BCUT2D eigenvalue weighted by molar-refractivity contribution is 9.09. The molecule has 2 rings (SSSR count). The zero-order chi connectivity index (χ0) is 13.2. The standard InChI is InChI=1S/C12H15BrFNO2S/c13-9-10-5-7-15(8-6-10)18(16,17)12-3-1-11(14)2-4-12/h1-4,10H,5-9H2. The summed E-state index contributed by atoms with van der Waals surface area (Å²) in [5.41, 5.74) is 0. The summed E-state index contributed by atoms with van der Waals surface area (Å²) < 4.78 is 38.9. The van der Waals surface area contributed by atoms with Gasteiger partial charge in [-0.2, -0.15) is 4.31 Å². The van der Waals surface area contributed by atoms with Crippen molar-refractivity contribution in [3.63, 3.8) is 0 Å². The highest BCUT2D eigenvalue weighted by Gasteiger charge is 2.28. The van der Waals surface area contributed by atoms with Crippen LogP contribution in [-0.2, 0) is 10.0 Å². The molecule has 18 heavy (non-hydrogen) atoms. The molecule has 0 unspecified atom stereocenters. The van der Waals surface area contributed by atoms with Crippen molar-refractivity contribution in [2.45, 2.75) is 17.7 Å². The van der Waals surface area contributed by atoms with Crippen LogP contribution in [0.5, 0.6) is 0 Å². The van der Waals surface area contributed by atoms with E-state index in [1.165, 1.54) is 28.6 Å². The second-order valence-electron chi connectivity index (χ2n) is 4.46. The number of nitrogens with zero attached hydrogens (tertiary/aromatic N) is 1. The van der Waals surface area contributed by atoms with Crippen LogP contribution in [0.4, 0.5) is 4.39 Å². The summed E-state index contributed by atoms with van der Waals surface area (Å²) in [4.78, 5) is 0.168. The Labute approximate surface area is 115 Å². The Morgan fingerprint density at radius 2 is 1.78 bits per heavy atom. The van der Waals surface area contributed by atoms with Crippen LogP contribution in [0.2, 0.25) is 0 Å². The number of halogens is 2. The normalized spacial score (nSPS) is 19.0. The van der Waals surface area contributed by atoms with E-state index in [9.17, 15) is 12.8 Å². The fourth-order valence-corrected chi connectivity index (χ4v) is 4.18. The number of piperidine rings is 1. The average Bonchev–Trinajstić information content (AvgIpc) is 2.39. The second-order valence-corrected chi connectivity index (χ2v) is 7.04. The number of alkyl halides is 1. The maximum atomic E-state index is 12.8. The van der Waals surface area contributed by atoms with E-state index in [0.29, 0.717) is 19.0 Å². The summed E-state index contributed by atoms with van der Waals surface area (Å²) >= 11 is 3.42. The van der Waals surface area contributed by atoms with Crippen LogP contribution in [0.3, 0.4) is 0 Å². The molecule has 1 aliphatic rings. The van der Waals surface area contributed by atoms with E-state index >= 15 is 0 Å². The van der Waals surface area contributed by atoms with Crippen LogP contribution in [-0.4, -0.2) is 31.1 Å². The molecule has 1 fully saturated rings. The third-order valence-electron chi connectivity index (χ3n) is 3.24. The van der Waals surface area contributed by atoms with E-state index in [-0.39, 0.29) is 4.90 Å². The first-order valence-electron chi connectivity index (χ1n) is 5.85. The van der Waals surface area contributed by atoms with Crippen molar-refractivity contribution in [2.75, 3.05) is 18.4 Å². The topological polar surface area (TPSA) is 37.4 Å². The first kappa shape index (κ1) is 14.0. The van der Waals surface area contributed by atoms with Crippen LogP contribution in [0.15, 0.2) is 29.2 Å². The van der Waals surface area contributed by atoms with Gasteiger partial charge < -0.3 is 0 Å². The van der Waals surface area contributed by atoms with Crippen molar-refractivity contribution in [3.05, 3.63) is 30.1 Å². The molecule has 6 heteroatoms. The van der Waals surface area contributed by atoms with E-state index in [1.54, 1.807) is 0 Å². The molecule has 0 atom stereocenters. The van der Waals surface area contributed by atoms with E-state index in [0.717, 1.165) is 18.2 Å². The molecule has 0 radical (unpaired) electrons. The van der Waals surface area contributed by atoms with E-state index in [2.05, 4.69) is 15.9 Å². The number of hydrogen-bond acceptors (Lipinski definition) is 2. The van der Waals surface area contributed by atoms with E-state index < -0.39 is 15.8 Å². The van der Waals surface area contributed by atoms with Crippen LogP contribution in [0.25, 0.3) is 0 Å². The minimum absolute atomic E-state index is 0.168. The highest BCUT2D eigenvalue weighted by atomic mass is 79.9. The summed E-state index contributed by atoms with van der Waals surface area (Å²) in [6.07, 6.45) is 1.73. The molecule has 0 spiro atoms. The van der Waals surface area contributed by atoms with Crippen LogP contribution in [0, 0.1) is 11.7 Å². The smallest absolute Gasteiger partial charge is 0.207 e. The number of hydrogen-bond donors (Lipinski definition) is 0. The summed E-state index contributed by atoms with van der Waals surface area (Å²) in [5, 5.41) is 0.914. The van der Waals surface area contributed by atoms with Gasteiger partial charge in [0.2, 0.25) is 10.0 Å². The van der Waals surface area contributed by atoms with Gasteiger partial charge in [-0.1, -0.05) is 15.9 Å². The molecule has 0 amide bonds. The molecule has 3 nitrogen and oxygen atoms in total. The molecule has 0 aromatic heterocycles. The van der Waals surface area contributed by atoms with Gasteiger partial charge in [0.1, 0.15) is 5.82 Å². The largest absolute Gasteiger partial charge is 0.243 e. The molecule has 1 aliphatic heterocycles. The van der Waals surface area contributed by atoms with Crippen molar-refractivity contribution in [1.82, 2.24) is 4.31 Å². The summed E-state index contributed by atoms with van der Waals surface area (Å²) in [6.45, 7) is 1.08. The van der Waals surface area contributed by atoms with Gasteiger partial charge in [0.15, 0.2) is 0 Å². The van der Waals surface area contributed by atoms with Crippen LogP contribution >= 0.6 is 15.9 Å². The Hall–Kier alpha value is -0.460. The van der Waals surface area contributed by atoms with Gasteiger partial charge in [-0.05, 0) is 43.0 Å². The predicted octanol–water partition coefficient (Wildman–Crippen LogP) is 2.62. The molecule has 0 aliphatic carbocycles. The Bertz CT molecular complexity index is 495. The molecular weight excluding hydrogens is 321 g/mol. The Morgan fingerprint density at radius 3 is 2.28 bits per heavy atom. The van der Waals surface area contributed by atoms with Crippen LogP contribution in [0.1, 0.15) is 12.8 Å². The molecule has 1 aromatic carbocycles. The maximum Gasteiger partial charge on any atom is 0.243 e. The molecular formula is C12H15BrFNO2S. The molecule has 0 bridgehead atoms. The fraction of sp³-hybridized carbons (Fsp3) is 0.500. The minimum atomic E-state index is -3.46. The Kier molecular flexibility index (Phi) is 4.40. The zero-order valence-corrected chi connectivity index (χ0v) is 12.3. The number of benzene rings is 1. The van der Waals surface area contributed by atoms with Crippen molar-refractivity contribution < 1.29 is 12.8 Å². The molecule has 1 aromatic rings. The van der Waals surface area contributed by atoms with Gasteiger partial charge >= 0.3 is 0 Å². The first-order chi connectivity index (χ1) is 8.54. The minimum Gasteiger partial charge on any atom is -0.207 e. The lowest BCUT2D eigenvalue weighted by molar-refractivity contribution is 0.292. The van der Waals surface area contributed by atoms with Gasteiger partial charge in [0.25, 0.3) is 0 Å². The fourth-order valence-electron chi connectivity index (χ4n) is 2.06. The highest BCUT2D eigenvalue weighted by Crippen LogP contribution is 2.24. The third kappa shape index (κ3) is 2.92. The molecule has 0 N–H and O–H groups in total. The van der Waals surface area contributed by atoms with Crippen molar-refractivity contribution >= 4 is 26.0 Å². The Morgan fingerprint density at radius 1 is 1.22 bits per heavy atom. The van der Waals surface area contributed by atoms with E-state index in [4.69, 9.17) is 0 Å². The SMILES string of the molecule is O=S(=O)(c1ccc(F)cc1)N1CCC(CBr)CC1. The predicted molar refractivity (Wildman–Crippen MR) is 71.7 cm³/mol. The summed E-state index contributed by atoms with van der Waals surface area (Å²) in [5.74, 6) is 0.122. The lowest BCUT2D eigenvalue weighted by atomic mass is 10.0. The summed E-state index contributed by atoms with van der Waals surface area (Å²) in [7, 11) is -3.46. The molecule has 1 saturated heterocycles. The zero-order valence-electron chi connectivity index (χ0n) is 9.85. The summed E-state index contributed by atoms with van der Waals surface area (Å²) in [6, 6.07) is 5.00. The monoisotopic (exact) mass is 335 g/mol. The van der Waals surface area contributed by atoms with Gasteiger partial charge in [-0.3, -0.25) is 0 Å². The van der Waals surface area contributed by atoms with Crippen molar-refractivity contribution in [3.8, 4) is 0 Å². The van der Waals surface area contributed by atoms with Gasteiger partial charge in [-0.25, -0.2) is 12.8 Å². The van der Waals surface area contributed by atoms with Gasteiger partial charge in [0, 0.05) is 18.4 Å². The number of sulfonamides is 1. The maximum absolute atomic E-state index is 12.8. The quantitative estimate of drug-likeness (QED) is 0.796. The number of rotatable bonds is 3. The lowest BCUT2D eigenvalue weighted by Gasteiger charge is -2.30. The lowest BCUT2D eigenvalue weighted by Crippen LogP contribution is -2.38. The van der Waals surface area contributed by atoms with E-state index in [1.807, 2.05) is 0 Å². The molecule has 100 valence electrons. The van der Waals surface area contributed by atoms with Gasteiger partial charge in [-0.15, -0.1) is 0 Å². The van der Waals surface area contributed by atoms with Gasteiger partial charge in [0.05, 0.1) is 4.90 Å². The Balaban J connectivity index is 2.15. The van der Waals surface area contributed by atoms with Crippen LogP contribution < -0.4 is 0 Å². The van der Waals surface area contributed by atoms with Crippen molar-refractivity contribution in [2.24, 2.45) is 5.92 Å². The molecule has 0 saturated carbocycles.